The first-order valence-electron chi connectivity index (χ1n) is 14.2. The van der Waals surface area contributed by atoms with Gasteiger partial charge in [-0.1, -0.05) is 57.9 Å². The van der Waals surface area contributed by atoms with Crippen molar-refractivity contribution in [3.8, 4) is 16.9 Å². The lowest BCUT2D eigenvalue weighted by atomic mass is 9.83. The SMILES string of the molecule is COC(=O)Nc1ccc(-c2cnc([C@@H]3[C@H](c4ccccc4)CCCN3C(=O)/C=C/c3cc(Cl)ccc3-n3cnnn3)[nH]2)c(Br)c1. The van der Waals surface area contributed by atoms with Gasteiger partial charge in [-0.3, -0.25) is 10.1 Å². The number of piperidine rings is 1. The zero-order valence-electron chi connectivity index (χ0n) is 24.1. The lowest BCUT2D eigenvalue weighted by Crippen LogP contribution is -2.41. The van der Waals surface area contributed by atoms with Crippen LogP contribution in [0.15, 0.2) is 89.8 Å². The number of benzene rings is 3. The van der Waals surface area contributed by atoms with Gasteiger partial charge in [0.05, 0.1) is 30.7 Å². The molecule has 5 aromatic rings. The number of carbonyl (C=O) groups is 2. The maximum Gasteiger partial charge on any atom is 0.411 e. The van der Waals surface area contributed by atoms with E-state index in [2.05, 4.69) is 53.9 Å². The second-order valence-corrected chi connectivity index (χ2v) is 11.7. The number of methoxy groups -OCH3 is 1. The Kier molecular flexibility index (Phi) is 9.03. The van der Waals surface area contributed by atoms with Gasteiger partial charge < -0.3 is 14.6 Å². The Balaban J connectivity index is 1.33. The highest BCUT2D eigenvalue weighted by Crippen LogP contribution is 2.42. The summed E-state index contributed by atoms with van der Waals surface area (Å²) in [5.41, 5.74) is 4.74. The average molecular weight is 688 g/mol. The van der Waals surface area contributed by atoms with E-state index < -0.39 is 6.09 Å². The predicted octanol–water partition coefficient (Wildman–Crippen LogP) is 6.81. The molecule has 0 aliphatic carbocycles. The van der Waals surface area contributed by atoms with Crippen molar-refractivity contribution in [2.75, 3.05) is 19.0 Å². The zero-order chi connectivity index (χ0) is 31.3. The van der Waals surface area contributed by atoms with E-state index in [-0.39, 0.29) is 17.9 Å². The highest BCUT2D eigenvalue weighted by atomic mass is 79.9. The number of aromatic amines is 1. The molecule has 11 nitrogen and oxygen atoms in total. The Hall–Kier alpha value is -4.81. The third kappa shape index (κ3) is 6.66. The van der Waals surface area contributed by atoms with Crippen molar-refractivity contribution < 1.29 is 14.3 Å². The number of H-pyrrole nitrogens is 1. The van der Waals surface area contributed by atoms with Crippen molar-refractivity contribution in [3.63, 3.8) is 0 Å². The summed E-state index contributed by atoms with van der Waals surface area (Å²) in [7, 11) is 1.31. The highest BCUT2D eigenvalue weighted by molar-refractivity contribution is 9.10. The second kappa shape index (κ2) is 13.4. The van der Waals surface area contributed by atoms with Crippen LogP contribution in [0.5, 0.6) is 0 Å². The van der Waals surface area contributed by atoms with Crippen molar-refractivity contribution in [2.24, 2.45) is 0 Å². The molecule has 0 unspecified atom stereocenters. The molecular formula is C32H28BrClN8O3. The molecule has 1 aliphatic heterocycles. The van der Waals surface area contributed by atoms with Crippen molar-refractivity contribution in [2.45, 2.75) is 24.8 Å². The first-order valence-corrected chi connectivity index (χ1v) is 15.3. The fraction of sp³-hybridized carbons (Fsp3) is 0.188. The summed E-state index contributed by atoms with van der Waals surface area (Å²) in [6.07, 6.45) is 7.75. The van der Waals surface area contributed by atoms with Crippen LogP contribution in [0.3, 0.4) is 0 Å². The lowest BCUT2D eigenvalue weighted by molar-refractivity contribution is -0.130. The molecule has 2 N–H and O–H groups in total. The lowest BCUT2D eigenvalue weighted by Gasteiger charge is -2.40. The number of halogens is 2. The number of nitrogens with one attached hydrogen (secondary N) is 2. The average Bonchev–Trinajstić information content (AvgIpc) is 3.77. The molecule has 2 atom stereocenters. The first-order chi connectivity index (χ1) is 21.9. The van der Waals surface area contributed by atoms with Crippen molar-refractivity contribution in [1.29, 1.82) is 0 Å². The van der Waals surface area contributed by atoms with Gasteiger partial charge in [-0.15, -0.1) is 5.10 Å². The number of rotatable bonds is 7. The number of imidazole rings is 1. The van der Waals surface area contributed by atoms with Crippen LogP contribution in [0, 0.1) is 0 Å². The van der Waals surface area contributed by atoms with E-state index >= 15 is 0 Å². The fourth-order valence-corrected chi connectivity index (χ4v) is 6.40. The van der Waals surface area contributed by atoms with Crippen LogP contribution in [-0.4, -0.2) is 60.7 Å². The van der Waals surface area contributed by atoms with E-state index in [9.17, 15) is 9.59 Å². The second-order valence-electron chi connectivity index (χ2n) is 10.4. The summed E-state index contributed by atoms with van der Waals surface area (Å²) in [4.78, 5) is 35.8. The maximum atomic E-state index is 14.0. The molecule has 6 rings (SSSR count). The van der Waals surface area contributed by atoms with Gasteiger partial charge in [0.15, 0.2) is 0 Å². The quantitative estimate of drug-likeness (QED) is 0.180. The van der Waals surface area contributed by atoms with Crippen LogP contribution in [0.1, 0.15) is 41.8 Å². The van der Waals surface area contributed by atoms with E-state index in [4.69, 9.17) is 21.3 Å². The van der Waals surface area contributed by atoms with Gasteiger partial charge in [-0.2, -0.15) is 4.68 Å². The molecule has 0 bridgehead atoms. The number of tetrazole rings is 1. The normalized spacial score (nSPS) is 16.6. The van der Waals surface area contributed by atoms with Gasteiger partial charge >= 0.3 is 6.09 Å². The van der Waals surface area contributed by atoms with Gasteiger partial charge in [0.25, 0.3) is 0 Å². The van der Waals surface area contributed by atoms with E-state index in [1.807, 2.05) is 29.2 Å². The summed E-state index contributed by atoms with van der Waals surface area (Å²) in [5, 5.41) is 14.6. The maximum absolute atomic E-state index is 14.0. The van der Waals surface area contributed by atoms with Gasteiger partial charge in [0, 0.05) is 44.8 Å². The Morgan fingerprint density at radius 3 is 2.73 bits per heavy atom. The number of carbonyl (C=O) groups excluding carboxylic acids is 2. The number of amides is 2. The number of aromatic nitrogens is 6. The van der Waals surface area contributed by atoms with E-state index in [1.165, 1.54) is 18.1 Å². The Bertz CT molecular complexity index is 1840. The van der Waals surface area contributed by atoms with Gasteiger partial charge in [0.2, 0.25) is 5.91 Å². The Morgan fingerprint density at radius 2 is 1.98 bits per heavy atom. The van der Waals surface area contributed by atoms with Crippen molar-refractivity contribution in [3.05, 3.63) is 112 Å². The summed E-state index contributed by atoms with van der Waals surface area (Å²) in [5.74, 6) is 0.552. The molecule has 1 aliphatic rings. The van der Waals surface area contributed by atoms with E-state index in [1.54, 1.807) is 48.7 Å². The summed E-state index contributed by atoms with van der Waals surface area (Å²) < 4.78 is 6.97. The summed E-state index contributed by atoms with van der Waals surface area (Å²) >= 11 is 9.92. The number of hydrogen-bond acceptors (Lipinski definition) is 7. The van der Waals surface area contributed by atoms with Gasteiger partial charge in [-0.05, 0) is 71.3 Å². The number of anilines is 1. The molecule has 228 valence electrons. The van der Waals surface area contributed by atoms with Crippen LogP contribution in [0.4, 0.5) is 10.5 Å². The standard InChI is InChI=1S/C32H28BrClN8O3/c1-45-32(44)37-23-11-12-25(26(33)17-23)27-18-35-31(38-27)30-24(20-6-3-2-4-7-20)8-5-15-41(30)29(43)14-9-21-16-22(34)10-13-28(21)42-19-36-39-40-42/h2-4,6-7,9-14,16-19,24,30H,5,8,15H2,1H3,(H,35,38)(H,37,44)/b14-9+/t24-,30-/m0/s1. The largest absolute Gasteiger partial charge is 0.453 e. The minimum atomic E-state index is -0.552. The molecule has 0 spiro atoms. The molecule has 0 radical (unpaired) electrons. The third-order valence-electron chi connectivity index (χ3n) is 7.70. The number of ether oxygens (including phenoxy) is 1. The molecule has 13 heteroatoms. The third-order valence-corrected chi connectivity index (χ3v) is 8.59. The van der Waals surface area contributed by atoms with Gasteiger partial charge in [-0.25, -0.2) is 9.78 Å². The van der Waals surface area contributed by atoms with E-state index in [0.29, 0.717) is 34.3 Å². The van der Waals surface area contributed by atoms with Gasteiger partial charge in [0.1, 0.15) is 12.2 Å². The highest BCUT2D eigenvalue weighted by Gasteiger charge is 2.37. The fourth-order valence-electron chi connectivity index (χ4n) is 5.63. The van der Waals surface area contributed by atoms with Crippen LogP contribution < -0.4 is 5.32 Å². The van der Waals surface area contributed by atoms with Crippen molar-refractivity contribution in [1.82, 2.24) is 35.1 Å². The molecule has 3 heterocycles. The van der Waals surface area contributed by atoms with Crippen molar-refractivity contribution >= 4 is 51.3 Å². The zero-order valence-corrected chi connectivity index (χ0v) is 26.4. The number of hydrogen-bond donors (Lipinski definition) is 2. The number of likely N-dealkylation sites (tertiary alicyclic amines) is 1. The van der Waals surface area contributed by atoms with E-state index in [0.717, 1.165) is 34.1 Å². The van der Waals surface area contributed by atoms with Crippen LogP contribution in [-0.2, 0) is 9.53 Å². The minimum absolute atomic E-state index is 0.0225. The smallest absolute Gasteiger partial charge is 0.411 e. The molecule has 1 saturated heterocycles. The van der Waals surface area contributed by atoms with Crippen LogP contribution >= 0.6 is 27.5 Å². The monoisotopic (exact) mass is 686 g/mol. The van der Waals surface area contributed by atoms with Crippen LogP contribution in [0.2, 0.25) is 5.02 Å². The molecule has 2 aromatic heterocycles. The molecule has 1 fully saturated rings. The molecule has 3 aromatic carbocycles. The Morgan fingerprint density at radius 1 is 1.13 bits per heavy atom. The molecule has 45 heavy (non-hydrogen) atoms. The van der Waals surface area contributed by atoms with Crippen LogP contribution in [0.25, 0.3) is 23.0 Å². The minimum Gasteiger partial charge on any atom is -0.453 e. The number of nitrogens with zero attached hydrogens (tertiary/aromatic N) is 6. The topological polar surface area (TPSA) is 131 Å². The predicted molar refractivity (Wildman–Crippen MR) is 174 cm³/mol. The molecule has 0 saturated carbocycles. The Labute approximate surface area is 272 Å². The summed E-state index contributed by atoms with van der Waals surface area (Å²) in [6, 6.07) is 20.6. The first kappa shape index (κ1) is 30.2. The molecular weight excluding hydrogens is 660 g/mol. The summed E-state index contributed by atoms with van der Waals surface area (Å²) in [6.45, 7) is 0.570. The molecule has 2 amide bonds.